The van der Waals surface area contributed by atoms with Crippen LogP contribution in [-0.4, -0.2) is 42.6 Å². The summed E-state index contributed by atoms with van der Waals surface area (Å²) in [5.41, 5.74) is -0.461. The van der Waals surface area contributed by atoms with E-state index in [4.69, 9.17) is 5.26 Å². The van der Waals surface area contributed by atoms with Gasteiger partial charge in [0.25, 0.3) is 6.43 Å². The number of alkyl halides is 2. The first-order valence-electron chi connectivity index (χ1n) is 6.20. The van der Waals surface area contributed by atoms with E-state index in [-0.39, 0.29) is 35.9 Å². The van der Waals surface area contributed by atoms with Gasteiger partial charge in [0, 0.05) is 31.7 Å². The Kier molecular flexibility index (Phi) is 8.56. The Labute approximate surface area is 138 Å². The quantitative estimate of drug-likeness (QED) is 0.872. The predicted octanol–water partition coefficient (Wildman–Crippen LogP) is 2.46. The molecule has 0 aliphatic carbocycles. The second-order valence-electron chi connectivity index (χ2n) is 4.53. The number of halogens is 5. The van der Waals surface area contributed by atoms with Crippen molar-refractivity contribution < 1.29 is 18.3 Å². The maximum Gasteiger partial charge on any atom is 0.258 e. The zero-order valence-corrected chi connectivity index (χ0v) is 13.1. The van der Waals surface area contributed by atoms with Crippen LogP contribution in [0.1, 0.15) is 17.2 Å². The summed E-state index contributed by atoms with van der Waals surface area (Å²) >= 11 is 0. The molecular formula is C13H16Cl2F3N3O. The van der Waals surface area contributed by atoms with Crippen molar-refractivity contribution in [2.24, 2.45) is 0 Å². The summed E-state index contributed by atoms with van der Waals surface area (Å²) in [6.07, 6.45) is -2.83. The molecule has 1 aliphatic rings. The van der Waals surface area contributed by atoms with Crippen molar-refractivity contribution in [2.45, 2.75) is 12.5 Å². The lowest BCUT2D eigenvalue weighted by atomic mass is 9.97. The molecule has 0 unspecified atom stereocenters. The lowest BCUT2D eigenvalue weighted by Gasteiger charge is -2.35. The molecular weight excluding hydrogens is 342 g/mol. The van der Waals surface area contributed by atoms with Crippen LogP contribution >= 0.6 is 24.8 Å². The van der Waals surface area contributed by atoms with Crippen LogP contribution in [0.4, 0.5) is 13.2 Å². The van der Waals surface area contributed by atoms with Crippen molar-refractivity contribution in [3.8, 4) is 11.8 Å². The summed E-state index contributed by atoms with van der Waals surface area (Å²) in [6.45, 7) is 1.74. The third-order valence-corrected chi connectivity index (χ3v) is 3.37. The standard InChI is InChI=1S/C13H14F3N3O.2ClH/c14-9-2-1-8(7-17)10(12(9)20)11(13(15)16)19-5-3-18-4-6-19;;/h1-2,11,13,18,20H,3-6H2;2*1H/t11-;;/m0../s1. The van der Waals surface area contributed by atoms with Crippen molar-refractivity contribution in [3.63, 3.8) is 0 Å². The van der Waals surface area contributed by atoms with E-state index in [2.05, 4.69) is 5.32 Å². The smallest absolute Gasteiger partial charge is 0.258 e. The van der Waals surface area contributed by atoms with Crippen molar-refractivity contribution >= 4 is 24.8 Å². The number of aromatic hydroxyl groups is 1. The molecule has 0 bridgehead atoms. The molecule has 0 spiro atoms. The fourth-order valence-electron chi connectivity index (χ4n) is 2.41. The Hall–Kier alpha value is -1.20. The first-order chi connectivity index (χ1) is 9.56. The van der Waals surface area contributed by atoms with Gasteiger partial charge in [0.2, 0.25) is 0 Å². The molecule has 1 heterocycles. The number of nitrogens with one attached hydrogen (secondary N) is 1. The lowest BCUT2D eigenvalue weighted by molar-refractivity contribution is 0.0166. The topological polar surface area (TPSA) is 59.3 Å². The minimum absolute atomic E-state index is 0. The van der Waals surface area contributed by atoms with Crippen molar-refractivity contribution in [1.82, 2.24) is 10.2 Å². The van der Waals surface area contributed by atoms with E-state index in [1.807, 2.05) is 0 Å². The first kappa shape index (κ1) is 20.8. The molecule has 2 N–H and O–H groups in total. The average Bonchev–Trinajstić information content (AvgIpc) is 2.45. The van der Waals surface area contributed by atoms with Crippen LogP contribution in [0.25, 0.3) is 0 Å². The van der Waals surface area contributed by atoms with Gasteiger partial charge in [-0.2, -0.15) is 5.26 Å². The predicted molar refractivity (Wildman–Crippen MR) is 80.5 cm³/mol. The highest BCUT2D eigenvalue weighted by atomic mass is 35.5. The number of piperazine rings is 1. The molecule has 0 amide bonds. The highest BCUT2D eigenvalue weighted by Crippen LogP contribution is 2.37. The minimum Gasteiger partial charge on any atom is -0.505 e. The number of nitrogens with zero attached hydrogens (tertiary/aromatic N) is 2. The molecule has 0 aromatic heterocycles. The van der Waals surface area contributed by atoms with Crippen molar-refractivity contribution in [1.29, 1.82) is 5.26 Å². The number of phenols is 1. The highest BCUT2D eigenvalue weighted by Gasteiger charge is 2.35. The molecule has 2 rings (SSSR count). The molecule has 4 nitrogen and oxygen atoms in total. The summed E-state index contributed by atoms with van der Waals surface area (Å²) in [5.74, 6) is -1.87. The van der Waals surface area contributed by atoms with Gasteiger partial charge in [0.05, 0.1) is 11.6 Å². The molecule has 1 aromatic rings. The van der Waals surface area contributed by atoms with E-state index in [0.29, 0.717) is 26.2 Å². The molecule has 9 heteroatoms. The minimum atomic E-state index is -2.83. The van der Waals surface area contributed by atoms with E-state index < -0.39 is 24.0 Å². The Balaban J connectivity index is 0.00000220. The molecule has 124 valence electrons. The van der Waals surface area contributed by atoms with E-state index in [9.17, 15) is 18.3 Å². The monoisotopic (exact) mass is 357 g/mol. The number of hydrogen-bond donors (Lipinski definition) is 2. The Morgan fingerprint density at radius 2 is 1.82 bits per heavy atom. The fraction of sp³-hybridized carbons (Fsp3) is 0.462. The second kappa shape index (κ2) is 9.06. The molecule has 0 radical (unpaired) electrons. The van der Waals surface area contributed by atoms with Crippen LogP contribution in [0, 0.1) is 17.1 Å². The number of benzene rings is 1. The van der Waals surface area contributed by atoms with Gasteiger partial charge in [0.15, 0.2) is 11.6 Å². The van der Waals surface area contributed by atoms with Gasteiger partial charge in [0.1, 0.15) is 6.04 Å². The normalized spacial score (nSPS) is 16.3. The lowest BCUT2D eigenvalue weighted by Crippen LogP contribution is -2.47. The van der Waals surface area contributed by atoms with E-state index in [1.54, 1.807) is 6.07 Å². The van der Waals surface area contributed by atoms with Crippen LogP contribution in [0.15, 0.2) is 12.1 Å². The maximum atomic E-state index is 13.5. The summed E-state index contributed by atoms with van der Waals surface area (Å²) in [6, 6.07) is 2.27. The van der Waals surface area contributed by atoms with Gasteiger partial charge < -0.3 is 10.4 Å². The number of phenolic OH excluding ortho intramolecular Hbond substituents is 1. The van der Waals surface area contributed by atoms with Crippen molar-refractivity contribution in [3.05, 3.63) is 29.1 Å². The van der Waals surface area contributed by atoms with Crippen LogP contribution in [-0.2, 0) is 0 Å². The molecule has 1 atom stereocenters. The second-order valence-corrected chi connectivity index (χ2v) is 4.53. The molecule has 0 saturated carbocycles. The van der Waals surface area contributed by atoms with Crippen LogP contribution in [0.3, 0.4) is 0 Å². The number of hydrogen-bond acceptors (Lipinski definition) is 4. The van der Waals surface area contributed by atoms with Gasteiger partial charge in [-0.3, -0.25) is 4.90 Å². The molecule has 1 saturated heterocycles. The number of rotatable bonds is 3. The van der Waals surface area contributed by atoms with E-state index >= 15 is 0 Å². The van der Waals surface area contributed by atoms with Crippen molar-refractivity contribution in [2.75, 3.05) is 26.2 Å². The zero-order valence-electron chi connectivity index (χ0n) is 11.4. The number of nitriles is 1. The first-order valence-corrected chi connectivity index (χ1v) is 6.20. The zero-order chi connectivity index (χ0) is 14.7. The third kappa shape index (κ3) is 4.17. The van der Waals surface area contributed by atoms with E-state index in [1.165, 1.54) is 4.90 Å². The average molecular weight is 358 g/mol. The van der Waals surface area contributed by atoms with E-state index in [0.717, 1.165) is 12.1 Å². The molecule has 22 heavy (non-hydrogen) atoms. The SMILES string of the molecule is Cl.Cl.N#Cc1ccc(F)c(O)c1[C@@H](C(F)F)N1CCNCC1. The van der Waals surface area contributed by atoms with Gasteiger partial charge in [-0.05, 0) is 12.1 Å². The van der Waals surface area contributed by atoms with Crippen LogP contribution in [0.2, 0.25) is 0 Å². The Morgan fingerprint density at radius 1 is 1.23 bits per heavy atom. The van der Waals surface area contributed by atoms with Gasteiger partial charge in [-0.25, -0.2) is 13.2 Å². The third-order valence-electron chi connectivity index (χ3n) is 3.37. The summed E-state index contributed by atoms with van der Waals surface area (Å²) in [7, 11) is 0. The fourth-order valence-corrected chi connectivity index (χ4v) is 2.41. The molecule has 1 aliphatic heterocycles. The summed E-state index contributed by atoms with van der Waals surface area (Å²) in [4.78, 5) is 1.45. The van der Waals surface area contributed by atoms with Crippen LogP contribution in [0.5, 0.6) is 5.75 Å². The van der Waals surface area contributed by atoms with Gasteiger partial charge in [-0.15, -0.1) is 24.8 Å². The van der Waals surface area contributed by atoms with Gasteiger partial charge in [-0.1, -0.05) is 0 Å². The van der Waals surface area contributed by atoms with Gasteiger partial charge >= 0.3 is 0 Å². The Morgan fingerprint density at radius 3 is 2.32 bits per heavy atom. The summed E-state index contributed by atoms with van der Waals surface area (Å²) < 4.78 is 40.2. The maximum absolute atomic E-state index is 13.5. The Bertz CT molecular complexity index is 534. The highest BCUT2D eigenvalue weighted by molar-refractivity contribution is 5.85. The summed E-state index contributed by atoms with van der Waals surface area (Å²) in [5, 5.41) is 21.8. The molecule has 1 aromatic carbocycles. The van der Waals surface area contributed by atoms with Crippen LogP contribution < -0.4 is 5.32 Å². The largest absolute Gasteiger partial charge is 0.505 e. The molecule has 1 fully saturated rings.